The second-order valence-corrected chi connectivity index (χ2v) is 8.62. The third-order valence-corrected chi connectivity index (χ3v) is 6.56. The van der Waals surface area contributed by atoms with Gasteiger partial charge in [0.2, 0.25) is 5.91 Å². The zero-order chi connectivity index (χ0) is 24.3. The number of amides is 1. The smallest absolute Gasteiger partial charge is 0.335 e. The molecule has 12 heteroatoms. The number of nitrogens with zero attached hydrogens (tertiary/aromatic N) is 1. The lowest BCUT2D eigenvalue weighted by atomic mass is 9.82. The Morgan fingerprint density at radius 3 is 1.85 bits per heavy atom. The van der Waals surface area contributed by atoms with E-state index >= 15 is 0 Å². The van der Waals surface area contributed by atoms with Crippen LogP contribution in [0.1, 0.15) is 54.4 Å². The number of ether oxygens (including phenoxy) is 1. The van der Waals surface area contributed by atoms with Crippen molar-refractivity contribution >= 4 is 17.8 Å². The van der Waals surface area contributed by atoms with Crippen LogP contribution >= 0.6 is 0 Å². The zero-order valence-electron chi connectivity index (χ0n) is 18.5. The first kappa shape index (κ1) is 27.4. The average Bonchev–Trinajstić information content (AvgIpc) is 2.69. The molecule has 1 aliphatic heterocycles. The van der Waals surface area contributed by atoms with Gasteiger partial charge in [-0.1, -0.05) is 12.8 Å². The molecule has 4 rings (SSSR count). The van der Waals surface area contributed by atoms with Gasteiger partial charge >= 0.3 is 11.9 Å². The van der Waals surface area contributed by atoms with Gasteiger partial charge < -0.3 is 36.4 Å². The van der Waals surface area contributed by atoms with E-state index in [2.05, 4.69) is 4.90 Å². The summed E-state index contributed by atoms with van der Waals surface area (Å²) in [5.74, 6) is -4.23. The van der Waals surface area contributed by atoms with Crippen LogP contribution in [0.2, 0.25) is 0 Å². The van der Waals surface area contributed by atoms with Crippen molar-refractivity contribution in [2.24, 2.45) is 5.73 Å². The zero-order valence-corrected chi connectivity index (χ0v) is 18.5. The Morgan fingerprint density at radius 2 is 1.47 bits per heavy atom. The topological polar surface area (TPSA) is 202 Å². The molecule has 0 spiro atoms. The number of aliphatic hydroxyl groups is 2. The van der Waals surface area contributed by atoms with Crippen molar-refractivity contribution in [2.45, 2.75) is 75.3 Å². The van der Waals surface area contributed by atoms with Crippen LogP contribution in [-0.2, 0) is 16.0 Å². The van der Waals surface area contributed by atoms with E-state index in [1.807, 2.05) is 0 Å². The number of benzene rings is 1. The van der Waals surface area contributed by atoms with Crippen LogP contribution < -0.4 is 10.5 Å². The van der Waals surface area contributed by atoms with E-state index in [1.54, 1.807) is 0 Å². The van der Waals surface area contributed by atoms with E-state index in [-0.39, 0.29) is 17.3 Å². The summed E-state index contributed by atoms with van der Waals surface area (Å²) in [6.45, 7) is 0.499. The van der Waals surface area contributed by atoms with Crippen LogP contribution in [0.25, 0.3) is 0 Å². The summed E-state index contributed by atoms with van der Waals surface area (Å²) in [5.41, 5.74) is 6.52. The highest BCUT2D eigenvalue weighted by Crippen LogP contribution is 2.39. The summed E-state index contributed by atoms with van der Waals surface area (Å²) in [5, 5.41) is 32.5. The fourth-order valence-corrected chi connectivity index (χ4v) is 4.39. The monoisotopic (exact) mass is 486 g/mol. The molecule has 8 N–H and O–H groups in total. The summed E-state index contributed by atoms with van der Waals surface area (Å²) < 4.78 is 19.8. The van der Waals surface area contributed by atoms with Crippen molar-refractivity contribution in [1.82, 2.24) is 4.90 Å². The number of carboxylic acids is 2. The number of carbonyl (C=O) groups is 3. The lowest BCUT2D eigenvalue weighted by molar-refractivity contribution is -0.165. The molecule has 0 radical (unpaired) electrons. The molecule has 3 unspecified atom stereocenters. The molecule has 1 heterocycles. The first-order chi connectivity index (χ1) is 15.6. The molecular weight excluding hydrogens is 455 g/mol. The van der Waals surface area contributed by atoms with E-state index in [0.29, 0.717) is 36.2 Å². The van der Waals surface area contributed by atoms with Crippen LogP contribution in [0.5, 0.6) is 5.75 Å². The number of hydrogen-bond donors (Lipinski definition) is 5. The molecule has 34 heavy (non-hydrogen) atoms. The Kier molecular flexibility index (Phi) is 9.33. The molecule has 2 aliphatic carbocycles. The maximum absolute atomic E-state index is 14.0. The summed E-state index contributed by atoms with van der Waals surface area (Å²) in [4.78, 5) is 33.8. The summed E-state index contributed by atoms with van der Waals surface area (Å²) >= 11 is 0. The normalized spacial score (nSPS) is 21.2. The molecular formula is C22H31FN2O9. The van der Waals surface area contributed by atoms with Crippen molar-refractivity contribution in [3.8, 4) is 5.75 Å². The molecule has 2 fully saturated rings. The Bertz CT molecular complexity index is 873. The summed E-state index contributed by atoms with van der Waals surface area (Å²) in [6.07, 6.45) is 3.67. The number of carboxylic acid groups (broad SMARTS) is 2. The predicted octanol–water partition coefficient (Wildman–Crippen LogP) is -0.312. The Labute approximate surface area is 195 Å². The van der Waals surface area contributed by atoms with E-state index in [0.717, 1.165) is 0 Å². The number of halogens is 1. The fourth-order valence-electron chi connectivity index (χ4n) is 4.39. The third-order valence-electron chi connectivity index (χ3n) is 6.56. The van der Waals surface area contributed by atoms with Crippen LogP contribution in [0.4, 0.5) is 4.39 Å². The number of hydrogen-bond acceptors (Lipinski definition) is 7. The standard InChI is InChI=1S/C18H23FN2O2.C4H6O6.H2O/c19-16-8-7-14(18(20)22)15-9-13(10-23-17(15)16)21(11-3-1-4-11)12-5-2-6-12;5-1(3(7)8)2(6)4(9)10;/h7-8,11-13H,1-6,9-10H2,(H2,20,22);1-2,5-6H,(H,7,8)(H,9,10);1H2. The highest BCUT2D eigenvalue weighted by atomic mass is 19.1. The number of rotatable bonds is 7. The van der Waals surface area contributed by atoms with E-state index in [4.69, 9.17) is 30.9 Å². The van der Waals surface area contributed by atoms with Crippen molar-refractivity contribution in [3.05, 3.63) is 29.1 Å². The maximum atomic E-state index is 14.0. The molecule has 1 aromatic rings. The summed E-state index contributed by atoms with van der Waals surface area (Å²) in [7, 11) is 0. The van der Waals surface area contributed by atoms with Crippen molar-refractivity contribution < 1.29 is 49.4 Å². The number of nitrogens with two attached hydrogens (primary N) is 1. The SMILES string of the molecule is NC(=O)c1ccc(F)c2c1CC(N(C1CCC1)C1CCC1)CO2.O.O=C(O)C(O)C(O)C(=O)O. The molecule has 11 nitrogen and oxygen atoms in total. The van der Waals surface area contributed by atoms with Gasteiger partial charge in [-0.3, -0.25) is 9.69 Å². The minimum atomic E-state index is -2.27. The van der Waals surface area contributed by atoms with Gasteiger partial charge in [0.25, 0.3) is 0 Å². The number of carbonyl (C=O) groups excluding carboxylic acids is 1. The predicted molar refractivity (Wildman–Crippen MR) is 116 cm³/mol. The second-order valence-electron chi connectivity index (χ2n) is 8.62. The van der Waals surface area contributed by atoms with Gasteiger partial charge in [0, 0.05) is 29.3 Å². The average molecular weight is 486 g/mol. The molecule has 0 aromatic heterocycles. The van der Waals surface area contributed by atoms with Gasteiger partial charge in [-0.25, -0.2) is 14.0 Å². The lowest BCUT2D eigenvalue weighted by Gasteiger charge is -2.51. The Morgan fingerprint density at radius 1 is 0.971 bits per heavy atom. The first-order valence-corrected chi connectivity index (χ1v) is 10.9. The van der Waals surface area contributed by atoms with Gasteiger partial charge in [-0.2, -0.15) is 0 Å². The lowest BCUT2D eigenvalue weighted by Crippen LogP contribution is -2.57. The van der Waals surface area contributed by atoms with Crippen LogP contribution in [0.3, 0.4) is 0 Å². The highest BCUT2D eigenvalue weighted by Gasteiger charge is 2.40. The minimum Gasteiger partial charge on any atom is -0.489 e. The van der Waals surface area contributed by atoms with Crippen LogP contribution in [-0.4, -0.2) is 85.6 Å². The van der Waals surface area contributed by atoms with Crippen LogP contribution in [0.15, 0.2) is 12.1 Å². The number of fused-ring (bicyclic) bond motifs is 1. The third kappa shape index (κ3) is 5.81. The van der Waals surface area contributed by atoms with E-state index in [1.165, 1.54) is 50.7 Å². The van der Waals surface area contributed by atoms with Crippen LogP contribution in [0, 0.1) is 5.82 Å². The van der Waals surface area contributed by atoms with Gasteiger partial charge in [-0.15, -0.1) is 0 Å². The van der Waals surface area contributed by atoms with Crippen molar-refractivity contribution in [2.75, 3.05) is 6.61 Å². The second kappa shape index (κ2) is 11.6. The van der Waals surface area contributed by atoms with Crippen molar-refractivity contribution in [3.63, 3.8) is 0 Å². The fraction of sp³-hybridized carbons (Fsp3) is 0.591. The van der Waals surface area contributed by atoms with E-state index < -0.39 is 35.9 Å². The molecule has 3 atom stereocenters. The number of aliphatic carboxylic acids is 2. The quantitative estimate of drug-likeness (QED) is 0.342. The maximum Gasteiger partial charge on any atom is 0.335 e. The molecule has 0 saturated heterocycles. The number of primary amides is 1. The molecule has 190 valence electrons. The summed E-state index contributed by atoms with van der Waals surface area (Å²) in [6, 6.07) is 4.23. The molecule has 2 saturated carbocycles. The van der Waals surface area contributed by atoms with E-state index in [9.17, 15) is 18.8 Å². The Hall–Kier alpha value is -2.80. The first-order valence-electron chi connectivity index (χ1n) is 10.9. The van der Waals surface area contributed by atoms with Gasteiger partial charge in [0.05, 0.1) is 0 Å². The molecule has 1 amide bonds. The Balaban J connectivity index is 0.000000320. The van der Waals surface area contributed by atoms with Gasteiger partial charge in [0.1, 0.15) is 6.61 Å². The van der Waals surface area contributed by atoms with Gasteiger partial charge in [-0.05, 0) is 44.2 Å². The molecule has 0 bridgehead atoms. The molecule has 1 aromatic carbocycles. The molecule has 3 aliphatic rings. The minimum absolute atomic E-state index is 0. The van der Waals surface area contributed by atoms with Gasteiger partial charge in [0.15, 0.2) is 23.8 Å². The largest absolute Gasteiger partial charge is 0.489 e. The number of aliphatic hydroxyl groups excluding tert-OH is 2. The highest BCUT2D eigenvalue weighted by molar-refractivity contribution is 5.95. The van der Waals surface area contributed by atoms with Crippen molar-refractivity contribution in [1.29, 1.82) is 0 Å².